The molecule has 1 fully saturated rings. The van der Waals surface area contributed by atoms with Gasteiger partial charge in [0.05, 0.1) is 40.3 Å². The Morgan fingerprint density at radius 1 is 1.27 bits per heavy atom. The highest BCUT2D eigenvalue weighted by Crippen LogP contribution is 2.30. The third-order valence-corrected chi connectivity index (χ3v) is 4.63. The van der Waals surface area contributed by atoms with Crippen LogP contribution >= 0.6 is 23.2 Å². The van der Waals surface area contributed by atoms with Crippen molar-refractivity contribution in [2.24, 2.45) is 5.92 Å². The summed E-state index contributed by atoms with van der Waals surface area (Å²) in [5.41, 5.74) is 1.38. The monoisotopic (exact) mass is 339 g/mol. The highest BCUT2D eigenvalue weighted by molar-refractivity contribution is 6.42. The highest BCUT2D eigenvalue weighted by Gasteiger charge is 2.30. The van der Waals surface area contributed by atoms with Gasteiger partial charge in [-0.1, -0.05) is 23.2 Å². The predicted molar refractivity (Wildman–Crippen MR) is 86.3 cm³/mol. The van der Waals surface area contributed by atoms with Crippen LogP contribution in [0.1, 0.15) is 19.3 Å². The normalized spacial score (nSPS) is 21.0. The molecule has 0 bridgehead atoms. The second-order valence-corrected chi connectivity index (χ2v) is 6.20. The average Bonchev–Trinajstić information content (AvgIpc) is 2.96. The predicted octanol–water partition coefficient (Wildman–Crippen LogP) is 3.69. The lowest BCUT2D eigenvalue weighted by atomic mass is 10.1. The zero-order valence-electron chi connectivity index (χ0n) is 12.0. The van der Waals surface area contributed by atoms with Crippen molar-refractivity contribution in [2.45, 2.75) is 25.3 Å². The second-order valence-electron chi connectivity index (χ2n) is 5.38. The number of anilines is 1. The zero-order chi connectivity index (χ0) is 15.7. The number of ether oxygens (including phenoxy) is 1. The number of methoxy groups -OCH3 is 1. The van der Waals surface area contributed by atoms with Crippen molar-refractivity contribution in [2.75, 3.05) is 12.4 Å². The lowest BCUT2D eigenvalue weighted by Gasteiger charge is -2.13. The van der Waals surface area contributed by atoms with Crippen LogP contribution in [0.2, 0.25) is 10.0 Å². The van der Waals surface area contributed by atoms with Gasteiger partial charge in [-0.05, 0) is 31.4 Å². The largest absolute Gasteiger partial charge is 0.469 e. The molecule has 5 nitrogen and oxygen atoms in total. The molecule has 0 radical (unpaired) electrons. The Labute approximate surface area is 138 Å². The summed E-state index contributed by atoms with van der Waals surface area (Å²) in [4.78, 5) is 20.4. The molecule has 22 heavy (non-hydrogen) atoms. The number of hydrogen-bond donors (Lipinski definition) is 1. The molecule has 0 aliphatic heterocycles. The first-order valence-electron chi connectivity index (χ1n) is 7.03. The van der Waals surface area contributed by atoms with Crippen molar-refractivity contribution in [1.82, 2.24) is 9.97 Å². The highest BCUT2D eigenvalue weighted by atomic mass is 35.5. The van der Waals surface area contributed by atoms with E-state index < -0.39 is 0 Å². The van der Waals surface area contributed by atoms with Crippen molar-refractivity contribution < 1.29 is 9.53 Å². The number of nitrogens with zero attached hydrogens (tertiary/aromatic N) is 2. The third-order valence-electron chi connectivity index (χ3n) is 3.90. The van der Waals surface area contributed by atoms with Crippen LogP contribution in [-0.4, -0.2) is 29.1 Å². The Hall–Kier alpha value is -1.59. The number of aromatic nitrogens is 2. The van der Waals surface area contributed by atoms with Crippen molar-refractivity contribution in [3.8, 4) is 0 Å². The molecular weight excluding hydrogens is 325 g/mol. The summed E-state index contributed by atoms with van der Waals surface area (Å²) in [7, 11) is 1.42. The van der Waals surface area contributed by atoms with E-state index in [0.717, 1.165) is 19.3 Å². The average molecular weight is 340 g/mol. The van der Waals surface area contributed by atoms with Gasteiger partial charge < -0.3 is 10.1 Å². The first kappa shape index (κ1) is 15.3. The number of hydrogen-bond acceptors (Lipinski definition) is 5. The number of halogens is 2. The number of carbonyl (C=O) groups is 1. The van der Waals surface area contributed by atoms with Gasteiger partial charge >= 0.3 is 5.97 Å². The molecule has 0 amide bonds. The minimum absolute atomic E-state index is 0.0378. The summed E-state index contributed by atoms with van der Waals surface area (Å²) in [6.45, 7) is 0. The Bertz CT molecular complexity index is 723. The van der Waals surface area contributed by atoms with Crippen LogP contribution in [0, 0.1) is 5.92 Å². The van der Waals surface area contributed by atoms with Crippen LogP contribution in [0.5, 0.6) is 0 Å². The van der Waals surface area contributed by atoms with Gasteiger partial charge in [0.2, 0.25) is 0 Å². The third kappa shape index (κ3) is 3.10. The fraction of sp³-hybridized carbons (Fsp3) is 0.400. The standard InChI is InChI=1S/C15H15Cl2N3O2/c1-22-15(21)8-2-3-9(4-8)19-14-7-18-12-5-10(16)11(17)6-13(12)20-14/h5-9H,2-4H2,1H3,(H,19,20)/t8-,9+/m0/s1. The maximum absolute atomic E-state index is 11.6. The molecule has 1 saturated carbocycles. The van der Waals surface area contributed by atoms with Gasteiger partial charge in [-0.25, -0.2) is 4.98 Å². The topological polar surface area (TPSA) is 64.1 Å². The number of fused-ring (bicyclic) bond motifs is 1. The van der Waals surface area contributed by atoms with E-state index in [4.69, 9.17) is 27.9 Å². The summed E-state index contributed by atoms with van der Waals surface area (Å²) in [5.74, 6) is 0.487. The van der Waals surface area contributed by atoms with Gasteiger partial charge in [-0.2, -0.15) is 0 Å². The Morgan fingerprint density at radius 2 is 2.00 bits per heavy atom. The molecule has 1 heterocycles. The van der Waals surface area contributed by atoms with Crippen LogP contribution in [0.25, 0.3) is 11.0 Å². The summed E-state index contributed by atoms with van der Waals surface area (Å²) in [5, 5.41) is 4.23. The molecule has 3 rings (SSSR count). The molecule has 1 N–H and O–H groups in total. The molecule has 116 valence electrons. The lowest BCUT2D eigenvalue weighted by molar-refractivity contribution is -0.145. The molecule has 0 spiro atoms. The van der Waals surface area contributed by atoms with Gasteiger partial charge in [-0.3, -0.25) is 9.78 Å². The van der Waals surface area contributed by atoms with E-state index in [0.29, 0.717) is 26.9 Å². The lowest BCUT2D eigenvalue weighted by Crippen LogP contribution is -2.19. The number of rotatable bonds is 3. The van der Waals surface area contributed by atoms with E-state index in [2.05, 4.69) is 15.3 Å². The molecular formula is C15H15Cl2N3O2. The van der Waals surface area contributed by atoms with Crippen LogP contribution in [-0.2, 0) is 9.53 Å². The van der Waals surface area contributed by atoms with Gasteiger partial charge in [0.1, 0.15) is 5.82 Å². The minimum Gasteiger partial charge on any atom is -0.469 e. The van der Waals surface area contributed by atoms with E-state index in [1.165, 1.54) is 7.11 Å². The van der Waals surface area contributed by atoms with Gasteiger partial charge in [0.15, 0.2) is 0 Å². The van der Waals surface area contributed by atoms with E-state index in [1.54, 1.807) is 18.3 Å². The van der Waals surface area contributed by atoms with Crippen LogP contribution < -0.4 is 5.32 Å². The Balaban J connectivity index is 1.75. The number of nitrogens with one attached hydrogen (secondary N) is 1. The molecule has 1 aliphatic rings. The van der Waals surface area contributed by atoms with E-state index >= 15 is 0 Å². The van der Waals surface area contributed by atoms with Crippen LogP contribution in [0.15, 0.2) is 18.3 Å². The molecule has 1 aliphatic carbocycles. The molecule has 0 saturated heterocycles. The van der Waals surface area contributed by atoms with E-state index in [9.17, 15) is 4.79 Å². The quantitative estimate of drug-likeness (QED) is 0.864. The summed E-state index contributed by atoms with van der Waals surface area (Å²) < 4.78 is 4.79. The fourth-order valence-corrected chi connectivity index (χ4v) is 3.10. The maximum Gasteiger partial charge on any atom is 0.308 e. The first-order valence-corrected chi connectivity index (χ1v) is 7.78. The van der Waals surface area contributed by atoms with Gasteiger partial charge in [-0.15, -0.1) is 0 Å². The van der Waals surface area contributed by atoms with Crippen molar-refractivity contribution >= 4 is 46.0 Å². The van der Waals surface area contributed by atoms with Gasteiger partial charge in [0, 0.05) is 6.04 Å². The maximum atomic E-state index is 11.6. The molecule has 2 aromatic rings. The second kappa shape index (κ2) is 6.26. The van der Waals surface area contributed by atoms with Crippen LogP contribution in [0.3, 0.4) is 0 Å². The fourth-order valence-electron chi connectivity index (χ4n) is 2.78. The van der Waals surface area contributed by atoms with E-state index in [1.807, 2.05) is 0 Å². The Morgan fingerprint density at radius 3 is 2.73 bits per heavy atom. The number of carbonyl (C=O) groups excluding carboxylic acids is 1. The molecule has 0 unspecified atom stereocenters. The Kier molecular flexibility index (Phi) is 4.36. The smallest absolute Gasteiger partial charge is 0.308 e. The SMILES string of the molecule is COC(=O)[C@H]1CC[C@@H](Nc2cnc3cc(Cl)c(Cl)cc3n2)C1. The van der Waals surface area contributed by atoms with Gasteiger partial charge in [0.25, 0.3) is 0 Å². The molecule has 1 aromatic carbocycles. The summed E-state index contributed by atoms with van der Waals surface area (Å²) in [6.07, 6.45) is 4.14. The zero-order valence-corrected chi connectivity index (χ0v) is 13.5. The summed E-state index contributed by atoms with van der Waals surface area (Å²) in [6, 6.07) is 3.58. The minimum atomic E-state index is -0.143. The van der Waals surface area contributed by atoms with Crippen LogP contribution in [0.4, 0.5) is 5.82 Å². The molecule has 7 heteroatoms. The first-order chi connectivity index (χ1) is 10.6. The molecule has 2 atom stereocenters. The number of esters is 1. The molecule has 1 aromatic heterocycles. The summed E-state index contributed by atoms with van der Waals surface area (Å²) >= 11 is 12.0. The number of benzene rings is 1. The van der Waals surface area contributed by atoms with Crippen molar-refractivity contribution in [3.63, 3.8) is 0 Å². The van der Waals surface area contributed by atoms with Crippen molar-refractivity contribution in [1.29, 1.82) is 0 Å². The van der Waals surface area contributed by atoms with E-state index in [-0.39, 0.29) is 17.9 Å². The van der Waals surface area contributed by atoms with Crippen molar-refractivity contribution in [3.05, 3.63) is 28.4 Å².